The number of carbonyl (C=O) groups excluding carboxylic acids is 1. The lowest BCUT2D eigenvalue weighted by molar-refractivity contribution is 0.0179. The highest BCUT2D eigenvalue weighted by Gasteiger charge is 2.32. The van der Waals surface area contributed by atoms with Gasteiger partial charge in [-0.1, -0.05) is 6.42 Å². The van der Waals surface area contributed by atoms with E-state index < -0.39 is 5.60 Å². The molecule has 0 bridgehead atoms. The summed E-state index contributed by atoms with van der Waals surface area (Å²) in [6.45, 7) is 7.45. The van der Waals surface area contributed by atoms with Gasteiger partial charge in [0, 0.05) is 31.8 Å². The molecule has 1 heterocycles. The molecule has 5 heteroatoms. The Bertz CT molecular complexity index is 354. The number of ether oxygens (including phenoxy) is 1. The fraction of sp³-hybridized carbons (Fsp3) is 0.938. The zero-order valence-corrected chi connectivity index (χ0v) is 13.6. The van der Waals surface area contributed by atoms with Crippen LogP contribution in [0.2, 0.25) is 0 Å². The van der Waals surface area contributed by atoms with Crippen LogP contribution in [0.1, 0.15) is 52.9 Å². The highest BCUT2D eigenvalue weighted by Crippen LogP contribution is 2.26. The molecule has 1 aliphatic carbocycles. The standard InChI is InChI=1S/C16H30N2O3/c1-16(2,3)21-15(20)18-9-5-7-13(10-18)17-14-8-4-6-12(14)11-19/h12-14,17,19H,4-11H2,1-3H3. The van der Waals surface area contributed by atoms with E-state index in [2.05, 4.69) is 5.32 Å². The molecule has 2 fully saturated rings. The van der Waals surface area contributed by atoms with Crippen molar-refractivity contribution in [3.05, 3.63) is 0 Å². The van der Waals surface area contributed by atoms with E-state index in [1.165, 1.54) is 6.42 Å². The Morgan fingerprint density at radius 2 is 2.05 bits per heavy atom. The van der Waals surface area contributed by atoms with E-state index in [9.17, 15) is 9.90 Å². The predicted molar refractivity (Wildman–Crippen MR) is 82.2 cm³/mol. The quantitative estimate of drug-likeness (QED) is 0.838. The summed E-state index contributed by atoms with van der Waals surface area (Å²) in [6, 6.07) is 0.724. The van der Waals surface area contributed by atoms with Gasteiger partial charge in [0.15, 0.2) is 0 Å². The van der Waals surface area contributed by atoms with Gasteiger partial charge in [0.05, 0.1) is 0 Å². The summed E-state index contributed by atoms with van der Waals surface area (Å²) in [7, 11) is 0. The number of piperidine rings is 1. The zero-order valence-electron chi connectivity index (χ0n) is 13.6. The maximum Gasteiger partial charge on any atom is 0.410 e. The maximum absolute atomic E-state index is 12.2. The Kier molecular flexibility index (Phi) is 5.49. The lowest BCUT2D eigenvalue weighted by Gasteiger charge is -2.36. The third kappa shape index (κ3) is 4.85. The average molecular weight is 298 g/mol. The van der Waals surface area contributed by atoms with E-state index in [4.69, 9.17) is 4.74 Å². The predicted octanol–water partition coefficient (Wildman–Crippen LogP) is 2.14. The second-order valence-corrected chi connectivity index (χ2v) is 7.41. The molecule has 0 spiro atoms. The number of hydrogen-bond acceptors (Lipinski definition) is 4. The summed E-state index contributed by atoms with van der Waals surface area (Å²) in [5.41, 5.74) is -0.440. The van der Waals surface area contributed by atoms with Crippen LogP contribution in [0.5, 0.6) is 0 Å². The van der Waals surface area contributed by atoms with Crippen LogP contribution < -0.4 is 5.32 Å². The van der Waals surface area contributed by atoms with Crippen LogP contribution in [0.15, 0.2) is 0 Å². The number of nitrogens with one attached hydrogen (secondary N) is 1. The molecule has 0 aromatic rings. The minimum atomic E-state index is -0.440. The first-order valence-corrected chi connectivity index (χ1v) is 8.24. The van der Waals surface area contributed by atoms with Crippen molar-refractivity contribution in [1.82, 2.24) is 10.2 Å². The summed E-state index contributed by atoms with van der Waals surface area (Å²) in [6.07, 6.45) is 5.32. The minimum Gasteiger partial charge on any atom is -0.444 e. The van der Waals surface area contributed by atoms with Crippen molar-refractivity contribution in [2.45, 2.75) is 70.6 Å². The molecular formula is C16H30N2O3. The summed E-state index contributed by atoms with van der Waals surface area (Å²) in [5, 5.41) is 13.1. The molecule has 0 radical (unpaired) electrons. The Morgan fingerprint density at radius 1 is 1.29 bits per heavy atom. The monoisotopic (exact) mass is 298 g/mol. The fourth-order valence-corrected chi connectivity index (χ4v) is 3.38. The van der Waals surface area contributed by atoms with Crippen LogP contribution >= 0.6 is 0 Å². The molecule has 122 valence electrons. The van der Waals surface area contributed by atoms with Crippen LogP contribution in [0.4, 0.5) is 4.79 Å². The second kappa shape index (κ2) is 6.97. The first-order chi connectivity index (χ1) is 9.89. The van der Waals surface area contributed by atoms with Gasteiger partial charge in [-0.05, 0) is 52.4 Å². The van der Waals surface area contributed by atoms with Crippen molar-refractivity contribution in [2.24, 2.45) is 5.92 Å². The SMILES string of the molecule is CC(C)(C)OC(=O)N1CCCC(NC2CCCC2CO)C1. The molecule has 2 N–H and O–H groups in total. The maximum atomic E-state index is 12.2. The van der Waals surface area contributed by atoms with Gasteiger partial charge in [-0.15, -0.1) is 0 Å². The molecule has 5 nitrogen and oxygen atoms in total. The Balaban J connectivity index is 1.84. The van der Waals surface area contributed by atoms with E-state index >= 15 is 0 Å². The molecular weight excluding hydrogens is 268 g/mol. The highest BCUT2D eigenvalue weighted by atomic mass is 16.6. The van der Waals surface area contributed by atoms with Crippen LogP contribution in [-0.4, -0.2) is 53.5 Å². The van der Waals surface area contributed by atoms with Crippen LogP contribution in [-0.2, 0) is 4.74 Å². The fourth-order valence-electron chi connectivity index (χ4n) is 3.38. The summed E-state index contributed by atoms with van der Waals surface area (Å²) in [4.78, 5) is 14.0. The summed E-state index contributed by atoms with van der Waals surface area (Å²) in [5.74, 6) is 0.377. The molecule has 3 unspecified atom stereocenters. The highest BCUT2D eigenvalue weighted by molar-refractivity contribution is 5.68. The molecule has 1 amide bonds. The average Bonchev–Trinajstić information content (AvgIpc) is 2.84. The smallest absolute Gasteiger partial charge is 0.410 e. The molecule has 21 heavy (non-hydrogen) atoms. The van der Waals surface area contributed by atoms with E-state index in [-0.39, 0.29) is 12.7 Å². The molecule has 0 aromatic carbocycles. The normalized spacial score (nSPS) is 30.5. The molecule has 1 aliphatic heterocycles. The number of rotatable bonds is 3. The van der Waals surface area contributed by atoms with Crippen molar-refractivity contribution < 1.29 is 14.6 Å². The van der Waals surface area contributed by atoms with Crippen molar-refractivity contribution >= 4 is 6.09 Å². The Labute approximate surface area is 128 Å². The largest absolute Gasteiger partial charge is 0.444 e. The van der Waals surface area contributed by atoms with Crippen molar-refractivity contribution in [3.63, 3.8) is 0 Å². The van der Waals surface area contributed by atoms with Gasteiger partial charge < -0.3 is 20.1 Å². The van der Waals surface area contributed by atoms with Gasteiger partial charge in [0.1, 0.15) is 5.60 Å². The number of aliphatic hydroxyl groups is 1. The number of hydrogen-bond donors (Lipinski definition) is 2. The van der Waals surface area contributed by atoms with E-state index in [1.54, 1.807) is 0 Å². The molecule has 1 saturated heterocycles. The number of amides is 1. The van der Waals surface area contributed by atoms with E-state index in [0.29, 0.717) is 24.5 Å². The molecule has 3 atom stereocenters. The third-order valence-corrected chi connectivity index (χ3v) is 4.42. The summed E-state index contributed by atoms with van der Waals surface area (Å²) >= 11 is 0. The van der Waals surface area contributed by atoms with Crippen molar-refractivity contribution in [1.29, 1.82) is 0 Å². The summed E-state index contributed by atoms with van der Waals surface area (Å²) < 4.78 is 5.46. The minimum absolute atomic E-state index is 0.209. The van der Waals surface area contributed by atoms with Crippen LogP contribution in [0.25, 0.3) is 0 Å². The first-order valence-electron chi connectivity index (χ1n) is 8.24. The van der Waals surface area contributed by atoms with E-state index in [1.807, 2.05) is 25.7 Å². The van der Waals surface area contributed by atoms with E-state index in [0.717, 1.165) is 32.2 Å². The zero-order chi connectivity index (χ0) is 15.5. The molecule has 2 aliphatic rings. The molecule has 0 aromatic heterocycles. The number of aliphatic hydroxyl groups excluding tert-OH is 1. The van der Waals surface area contributed by atoms with Crippen molar-refractivity contribution in [2.75, 3.05) is 19.7 Å². The van der Waals surface area contributed by atoms with Gasteiger partial charge >= 0.3 is 6.09 Å². The van der Waals surface area contributed by atoms with Gasteiger partial charge in [-0.3, -0.25) is 0 Å². The van der Waals surface area contributed by atoms with Gasteiger partial charge in [-0.2, -0.15) is 0 Å². The Hall–Kier alpha value is -0.810. The van der Waals surface area contributed by atoms with Gasteiger partial charge in [0.2, 0.25) is 0 Å². The third-order valence-electron chi connectivity index (χ3n) is 4.42. The van der Waals surface area contributed by atoms with Crippen LogP contribution in [0.3, 0.4) is 0 Å². The van der Waals surface area contributed by atoms with Gasteiger partial charge in [0.25, 0.3) is 0 Å². The van der Waals surface area contributed by atoms with Crippen molar-refractivity contribution in [3.8, 4) is 0 Å². The molecule has 2 rings (SSSR count). The number of carbonyl (C=O) groups is 1. The molecule has 1 saturated carbocycles. The lowest BCUT2D eigenvalue weighted by atomic mass is 10.0. The second-order valence-electron chi connectivity index (χ2n) is 7.41. The van der Waals surface area contributed by atoms with Crippen LogP contribution in [0, 0.1) is 5.92 Å². The number of nitrogens with zero attached hydrogens (tertiary/aromatic N) is 1. The van der Waals surface area contributed by atoms with Gasteiger partial charge in [-0.25, -0.2) is 4.79 Å². The number of likely N-dealkylation sites (tertiary alicyclic amines) is 1. The topological polar surface area (TPSA) is 61.8 Å². The first kappa shape index (κ1) is 16.6. The Morgan fingerprint density at radius 3 is 2.71 bits per heavy atom. The lowest BCUT2D eigenvalue weighted by Crippen LogP contribution is -2.52.